The maximum Gasteiger partial charge on any atom is 1.00 e. The van der Waals surface area contributed by atoms with Gasteiger partial charge >= 0.3 is 68.9 Å². The molecule has 1 aliphatic rings. The molecule has 1 aromatic carbocycles. The summed E-state index contributed by atoms with van der Waals surface area (Å²) in [5.41, 5.74) is 0. The Hall–Kier alpha value is 0.832. The normalized spacial score (nSPS) is 22.9. The molecule has 3 nitrogen and oxygen atoms in total. The van der Waals surface area contributed by atoms with Crippen LogP contribution in [0, 0.1) is 12.5 Å². The van der Waals surface area contributed by atoms with E-state index in [1.165, 1.54) is 0 Å². The van der Waals surface area contributed by atoms with Gasteiger partial charge in [-0.1, -0.05) is 6.92 Å². The molecule has 1 fully saturated rings. The summed E-state index contributed by atoms with van der Waals surface area (Å²) >= 11 is 0. The summed E-state index contributed by atoms with van der Waals surface area (Å²) in [5, 5.41) is 0. The van der Waals surface area contributed by atoms with Crippen molar-refractivity contribution in [1.82, 2.24) is 0 Å². The standard InChI is InChI=1S/C13H17O3.Cs/c1-3-14-11-4-6-12(7-5-11)16-13-8-10(2)9-15-13;/h4-7,9-10,13H,3,8H2,1-2H3;/q-1;+1/t10-,13?;/m1./s1. The summed E-state index contributed by atoms with van der Waals surface area (Å²) in [4.78, 5) is 0. The third kappa shape index (κ3) is 5.14. The van der Waals surface area contributed by atoms with Gasteiger partial charge < -0.3 is 14.2 Å². The molecule has 0 N–H and O–H groups in total. The smallest absolute Gasteiger partial charge is 0.520 e. The Balaban J connectivity index is 0.00000144. The molecule has 2 rings (SSSR count). The molecular formula is C13H17CsO3. The van der Waals surface area contributed by atoms with Crippen LogP contribution in [0.5, 0.6) is 11.5 Å². The molecule has 1 saturated heterocycles. The first-order valence-electron chi connectivity index (χ1n) is 5.66. The zero-order valence-corrected chi connectivity index (χ0v) is 17.0. The molecule has 2 atom stereocenters. The minimum absolute atomic E-state index is 0. The van der Waals surface area contributed by atoms with Crippen molar-refractivity contribution in [3.8, 4) is 11.5 Å². The second-order valence-electron chi connectivity index (χ2n) is 3.94. The van der Waals surface area contributed by atoms with Crippen LogP contribution in [0.15, 0.2) is 24.3 Å². The molecule has 17 heavy (non-hydrogen) atoms. The minimum Gasteiger partial charge on any atom is -0.520 e. The van der Waals surface area contributed by atoms with Crippen LogP contribution in [-0.2, 0) is 4.74 Å². The van der Waals surface area contributed by atoms with Crippen LogP contribution in [0.3, 0.4) is 0 Å². The van der Waals surface area contributed by atoms with Crippen molar-refractivity contribution in [1.29, 1.82) is 0 Å². The third-order valence-corrected chi connectivity index (χ3v) is 2.43. The molecule has 0 aromatic heterocycles. The minimum atomic E-state index is -0.145. The summed E-state index contributed by atoms with van der Waals surface area (Å²) in [7, 11) is 0. The van der Waals surface area contributed by atoms with Gasteiger partial charge in [-0.2, -0.15) is 0 Å². The van der Waals surface area contributed by atoms with E-state index in [9.17, 15) is 0 Å². The van der Waals surface area contributed by atoms with Crippen molar-refractivity contribution in [3.05, 3.63) is 30.9 Å². The molecule has 0 bridgehead atoms. The number of benzene rings is 1. The predicted octanol–water partition coefficient (Wildman–Crippen LogP) is 0.0124. The molecule has 88 valence electrons. The van der Waals surface area contributed by atoms with E-state index in [1.54, 1.807) is 0 Å². The summed E-state index contributed by atoms with van der Waals surface area (Å²) in [6.45, 7) is 6.59. The Morgan fingerprint density at radius 2 is 1.94 bits per heavy atom. The van der Waals surface area contributed by atoms with Crippen LogP contribution in [0.4, 0.5) is 0 Å². The second-order valence-corrected chi connectivity index (χ2v) is 3.94. The zero-order chi connectivity index (χ0) is 11.4. The van der Waals surface area contributed by atoms with Crippen LogP contribution in [0.25, 0.3) is 0 Å². The van der Waals surface area contributed by atoms with E-state index in [4.69, 9.17) is 14.2 Å². The molecule has 4 heteroatoms. The Bertz CT molecular complexity index is 326. The average molecular weight is 354 g/mol. The Morgan fingerprint density at radius 3 is 2.47 bits per heavy atom. The van der Waals surface area contributed by atoms with E-state index < -0.39 is 0 Å². The van der Waals surface area contributed by atoms with Gasteiger partial charge in [-0.25, -0.2) is 6.61 Å². The molecule has 0 spiro atoms. The first kappa shape index (κ1) is 15.9. The number of ether oxygens (including phenoxy) is 3. The summed E-state index contributed by atoms with van der Waals surface area (Å²) in [6, 6.07) is 7.61. The fraction of sp³-hybridized carbons (Fsp3) is 0.462. The van der Waals surface area contributed by atoms with E-state index in [-0.39, 0.29) is 75.2 Å². The summed E-state index contributed by atoms with van der Waals surface area (Å²) in [6.07, 6.45) is 0.765. The van der Waals surface area contributed by atoms with E-state index >= 15 is 0 Å². The Morgan fingerprint density at radius 1 is 1.29 bits per heavy atom. The third-order valence-electron chi connectivity index (χ3n) is 2.43. The van der Waals surface area contributed by atoms with E-state index in [2.05, 4.69) is 6.92 Å². The van der Waals surface area contributed by atoms with Gasteiger partial charge in [0.1, 0.15) is 11.5 Å². The molecule has 0 aliphatic carbocycles. The molecule has 1 heterocycles. The molecule has 1 aliphatic heterocycles. The van der Waals surface area contributed by atoms with Gasteiger partial charge in [-0.3, -0.25) is 0 Å². The monoisotopic (exact) mass is 354 g/mol. The molecule has 1 aromatic rings. The number of hydrogen-bond acceptors (Lipinski definition) is 3. The van der Waals surface area contributed by atoms with Crippen molar-refractivity contribution < 1.29 is 83.1 Å². The average Bonchev–Trinajstić information content (AvgIpc) is 2.67. The van der Waals surface area contributed by atoms with Crippen LogP contribution in [-0.4, -0.2) is 12.9 Å². The van der Waals surface area contributed by atoms with Crippen LogP contribution >= 0.6 is 0 Å². The molecule has 1 unspecified atom stereocenters. The number of hydrogen-bond donors (Lipinski definition) is 0. The first-order valence-corrected chi connectivity index (χ1v) is 5.66. The van der Waals surface area contributed by atoms with Crippen molar-refractivity contribution in [2.75, 3.05) is 6.61 Å². The van der Waals surface area contributed by atoms with Gasteiger partial charge in [0.15, 0.2) is 6.29 Å². The zero-order valence-electron chi connectivity index (χ0n) is 10.7. The summed E-state index contributed by atoms with van der Waals surface area (Å²) < 4.78 is 16.4. The van der Waals surface area contributed by atoms with Gasteiger partial charge in [-0.15, -0.1) is 5.92 Å². The molecule has 0 radical (unpaired) electrons. The van der Waals surface area contributed by atoms with Gasteiger partial charge in [-0.05, 0) is 37.6 Å². The summed E-state index contributed by atoms with van der Waals surface area (Å²) in [5.74, 6) is 2.14. The molecule has 0 saturated carbocycles. The predicted molar refractivity (Wildman–Crippen MR) is 61.2 cm³/mol. The van der Waals surface area contributed by atoms with Crippen molar-refractivity contribution in [2.45, 2.75) is 26.6 Å². The van der Waals surface area contributed by atoms with Crippen molar-refractivity contribution in [3.63, 3.8) is 0 Å². The van der Waals surface area contributed by atoms with Crippen LogP contribution in [0.2, 0.25) is 0 Å². The van der Waals surface area contributed by atoms with Gasteiger partial charge in [0.2, 0.25) is 0 Å². The van der Waals surface area contributed by atoms with Gasteiger partial charge in [0, 0.05) is 0 Å². The molecule has 0 amide bonds. The fourth-order valence-electron chi connectivity index (χ4n) is 1.65. The first-order chi connectivity index (χ1) is 7.78. The maximum atomic E-state index is 5.67. The SMILES string of the molecule is CCOc1ccc(OC2C[C@@H](C)[CH-]O2)cc1.[Cs+]. The van der Waals surface area contributed by atoms with Crippen molar-refractivity contribution in [2.24, 2.45) is 5.92 Å². The van der Waals surface area contributed by atoms with E-state index in [1.807, 2.05) is 37.8 Å². The van der Waals surface area contributed by atoms with E-state index in [0.717, 1.165) is 17.9 Å². The Kier molecular flexibility index (Phi) is 7.56. The molecular weight excluding hydrogens is 337 g/mol. The van der Waals surface area contributed by atoms with Gasteiger partial charge in [0.05, 0.1) is 6.61 Å². The topological polar surface area (TPSA) is 27.7 Å². The second kappa shape index (κ2) is 8.09. The largest absolute Gasteiger partial charge is 1.00 e. The maximum absolute atomic E-state index is 5.67. The van der Waals surface area contributed by atoms with E-state index in [0.29, 0.717) is 12.5 Å². The van der Waals surface area contributed by atoms with Gasteiger partial charge in [0.25, 0.3) is 0 Å². The van der Waals surface area contributed by atoms with Crippen LogP contribution in [0.1, 0.15) is 20.3 Å². The van der Waals surface area contributed by atoms with Crippen molar-refractivity contribution >= 4 is 0 Å². The van der Waals surface area contributed by atoms with Crippen LogP contribution < -0.4 is 78.4 Å². The Labute approximate surface area is 162 Å². The quantitative estimate of drug-likeness (QED) is 0.714. The fourth-order valence-corrected chi connectivity index (χ4v) is 1.65. The number of rotatable bonds is 4.